The van der Waals surface area contributed by atoms with Gasteiger partial charge in [-0.25, -0.2) is 9.97 Å². The molecule has 90 valence electrons. The summed E-state index contributed by atoms with van der Waals surface area (Å²) in [4.78, 5) is 8.37. The minimum atomic E-state index is 0.738. The van der Waals surface area contributed by atoms with Gasteiger partial charge in [0.2, 0.25) is 0 Å². The minimum absolute atomic E-state index is 0.738. The fourth-order valence-electron chi connectivity index (χ4n) is 1.81. The molecule has 0 amide bonds. The van der Waals surface area contributed by atoms with Crippen LogP contribution in [0, 0.1) is 20.8 Å². The Morgan fingerprint density at radius 1 is 1.29 bits per heavy atom. The number of aryl methyl sites for hydroxylation is 3. The summed E-state index contributed by atoms with van der Waals surface area (Å²) < 4.78 is 1.90. The van der Waals surface area contributed by atoms with Crippen molar-refractivity contribution in [2.24, 2.45) is 7.05 Å². The van der Waals surface area contributed by atoms with Gasteiger partial charge in [-0.05, 0) is 26.8 Å². The van der Waals surface area contributed by atoms with Crippen LogP contribution in [0.15, 0.2) is 12.3 Å². The van der Waals surface area contributed by atoms with E-state index in [0.29, 0.717) is 0 Å². The highest BCUT2D eigenvalue weighted by atomic mass is 15.3. The van der Waals surface area contributed by atoms with Crippen LogP contribution in [0.25, 0.3) is 0 Å². The lowest BCUT2D eigenvalue weighted by molar-refractivity contribution is 0.730. The molecule has 0 unspecified atom stereocenters. The summed E-state index contributed by atoms with van der Waals surface area (Å²) in [6.45, 7) is 6.71. The van der Waals surface area contributed by atoms with Gasteiger partial charge >= 0.3 is 0 Å². The van der Waals surface area contributed by atoms with E-state index < -0.39 is 0 Å². The first-order valence-electron chi connectivity index (χ1n) is 5.60. The Balaban J connectivity index is 2.12. The molecule has 0 aliphatic carbocycles. The zero-order chi connectivity index (χ0) is 12.4. The Kier molecular flexibility index (Phi) is 3.08. The highest BCUT2D eigenvalue weighted by Crippen LogP contribution is 2.13. The second-order valence-corrected chi connectivity index (χ2v) is 4.12. The van der Waals surface area contributed by atoms with Gasteiger partial charge in [-0.3, -0.25) is 4.68 Å². The summed E-state index contributed by atoms with van der Waals surface area (Å²) in [6, 6.07) is 1.87. The lowest BCUT2D eigenvalue weighted by atomic mass is 10.2. The SMILES string of the molecule is Cc1nccc(NCc2c(C)nn(C)c2C)n1. The topological polar surface area (TPSA) is 55.6 Å². The largest absolute Gasteiger partial charge is 0.366 e. The normalized spacial score (nSPS) is 10.6. The smallest absolute Gasteiger partial charge is 0.129 e. The maximum atomic E-state index is 4.38. The summed E-state index contributed by atoms with van der Waals surface area (Å²) in [5.41, 5.74) is 3.47. The zero-order valence-electron chi connectivity index (χ0n) is 10.7. The van der Waals surface area contributed by atoms with E-state index in [2.05, 4.69) is 27.3 Å². The molecule has 0 fully saturated rings. The summed E-state index contributed by atoms with van der Waals surface area (Å²) >= 11 is 0. The van der Waals surface area contributed by atoms with Gasteiger partial charge in [0, 0.05) is 31.0 Å². The summed E-state index contributed by atoms with van der Waals surface area (Å²) in [6.07, 6.45) is 1.76. The third-order valence-corrected chi connectivity index (χ3v) is 2.88. The molecule has 5 heteroatoms. The highest BCUT2D eigenvalue weighted by Gasteiger charge is 2.08. The molecule has 0 bridgehead atoms. The van der Waals surface area contributed by atoms with Gasteiger partial charge in [-0.2, -0.15) is 5.10 Å². The van der Waals surface area contributed by atoms with Crippen LogP contribution in [-0.4, -0.2) is 19.7 Å². The van der Waals surface area contributed by atoms with Gasteiger partial charge in [0.25, 0.3) is 0 Å². The molecule has 2 aromatic heterocycles. The second-order valence-electron chi connectivity index (χ2n) is 4.12. The molecule has 5 nitrogen and oxygen atoms in total. The summed E-state index contributed by atoms with van der Waals surface area (Å²) in [5, 5.41) is 7.68. The van der Waals surface area contributed by atoms with Crippen LogP contribution in [-0.2, 0) is 13.6 Å². The van der Waals surface area contributed by atoms with Gasteiger partial charge in [-0.15, -0.1) is 0 Å². The van der Waals surface area contributed by atoms with E-state index in [4.69, 9.17) is 0 Å². The Hall–Kier alpha value is -1.91. The Labute approximate surface area is 101 Å². The molecule has 0 spiro atoms. The van der Waals surface area contributed by atoms with E-state index in [0.717, 1.165) is 23.9 Å². The molecule has 17 heavy (non-hydrogen) atoms. The molecule has 0 aromatic carbocycles. The first-order chi connectivity index (χ1) is 8.08. The maximum Gasteiger partial charge on any atom is 0.129 e. The highest BCUT2D eigenvalue weighted by molar-refractivity contribution is 5.36. The Morgan fingerprint density at radius 2 is 2.06 bits per heavy atom. The predicted molar refractivity (Wildman–Crippen MR) is 66.8 cm³/mol. The fourth-order valence-corrected chi connectivity index (χ4v) is 1.81. The third-order valence-electron chi connectivity index (χ3n) is 2.88. The van der Waals surface area contributed by atoms with E-state index in [1.165, 1.54) is 11.3 Å². The molecule has 0 atom stereocenters. The molecule has 0 aliphatic rings. The number of rotatable bonds is 3. The number of nitrogens with zero attached hydrogens (tertiary/aromatic N) is 4. The quantitative estimate of drug-likeness (QED) is 0.874. The average Bonchev–Trinajstić information content (AvgIpc) is 2.51. The van der Waals surface area contributed by atoms with E-state index in [1.807, 2.05) is 31.6 Å². The van der Waals surface area contributed by atoms with Gasteiger partial charge in [0.15, 0.2) is 0 Å². The fraction of sp³-hybridized carbons (Fsp3) is 0.417. The summed E-state index contributed by atoms with van der Waals surface area (Å²) in [7, 11) is 1.96. The van der Waals surface area contributed by atoms with Crippen LogP contribution in [0.5, 0.6) is 0 Å². The van der Waals surface area contributed by atoms with E-state index >= 15 is 0 Å². The number of aromatic nitrogens is 4. The van der Waals surface area contributed by atoms with Crippen molar-refractivity contribution >= 4 is 5.82 Å². The first kappa shape index (κ1) is 11.6. The van der Waals surface area contributed by atoms with Crippen LogP contribution < -0.4 is 5.32 Å². The maximum absolute atomic E-state index is 4.38. The molecule has 2 aromatic rings. The van der Waals surface area contributed by atoms with Crippen molar-refractivity contribution in [2.45, 2.75) is 27.3 Å². The van der Waals surface area contributed by atoms with E-state index in [9.17, 15) is 0 Å². The molecule has 2 heterocycles. The van der Waals surface area contributed by atoms with E-state index in [-0.39, 0.29) is 0 Å². The zero-order valence-corrected chi connectivity index (χ0v) is 10.7. The number of nitrogens with one attached hydrogen (secondary N) is 1. The average molecular weight is 231 g/mol. The predicted octanol–water partition coefficient (Wildman–Crippen LogP) is 1.75. The van der Waals surface area contributed by atoms with Crippen LogP contribution in [0.1, 0.15) is 22.8 Å². The Morgan fingerprint density at radius 3 is 2.65 bits per heavy atom. The van der Waals surface area contributed by atoms with Crippen LogP contribution in [0.2, 0.25) is 0 Å². The van der Waals surface area contributed by atoms with Crippen molar-refractivity contribution in [3.05, 3.63) is 35.0 Å². The molecular weight excluding hydrogens is 214 g/mol. The standard InChI is InChI=1S/C12H17N5/c1-8-11(9(2)17(4)16-8)7-14-12-5-6-13-10(3)15-12/h5-6H,7H2,1-4H3,(H,13,14,15). The molecule has 0 saturated carbocycles. The van der Waals surface area contributed by atoms with Crippen molar-refractivity contribution in [3.8, 4) is 0 Å². The monoisotopic (exact) mass is 231 g/mol. The lowest BCUT2D eigenvalue weighted by Gasteiger charge is -2.06. The van der Waals surface area contributed by atoms with Crippen molar-refractivity contribution < 1.29 is 0 Å². The molecule has 0 saturated heterocycles. The van der Waals surface area contributed by atoms with Crippen molar-refractivity contribution in [1.82, 2.24) is 19.7 Å². The first-order valence-corrected chi connectivity index (χ1v) is 5.60. The number of anilines is 1. The van der Waals surface area contributed by atoms with Gasteiger partial charge in [-0.1, -0.05) is 0 Å². The summed E-state index contributed by atoms with van der Waals surface area (Å²) in [5.74, 6) is 1.62. The number of hydrogen-bond acceptors (Lipinski definition) is 4. The molecule has 2 rings (SSSR count). The molecule has 0 radical (unpaired) electrons. The molecule has 1 N–H and O–H groups in total. The lowest BCUT2D eigenvalue weighted by Crippen LogP contribution is -2.04. The molecular formula is C12H17N5. The van der Waals surface area contributed by atoms with Crippen molar-refractivity contribution in [3.63, 3.8) is 0 Å². The second kappa shape index (κ2) is 4.53. The van der Waals surface area contributed by atoms with Crippen molar-refractivity contribution in [1.29, 1.82) is 0 Å². The minimum Gasteiger partial charge on any atom is -0.366 e. The van der Waals surface area contributed by atoms with Crippen LogP contribution >= 0.6 is 0 Å². The van der Waals surface area contributed by atoms with Gasteiger partial charge in [0.05, 0.1) is 5.69 Å². The number of hydrogen-bond donors (Lipinski definition) is 1. The van der Waals surface area contributed by atoms with Gasteiger partial charge in [0.1, 0.15) is 11.6 Å². The third kappa shape index (κ3) is 2.43. The van der Waals surface area contributed by atoms with Gasteiger partial charge < -0.3 is 5.32 Å². The van der Waals surface area contributed by atoms with Crippen molar-refractivity contribution in [2.75, 3.05) is 5.32 Å². The van der Waals surface area contributed by atoms with Crippen LogP contribution in [0.4, 0.5) is 5.82 Å². The Bertz CT molecular complexity index is 530. The van der Waals surface area contributed by atoms with E-state index in [1.54, 1.807) is 6.20 Å². The van der Waals surface area contributed by atoms with Crippen LogP contribution in [0.3, 0.4) is 0 Å². The molecule has 0 aliphatic heterocycles.